The van der Waals surface area contributed by atoms with Crippen LogP contribution in [0.2, 0.25) is 0 Å². The quantitative estimate of drug-likeness (QED) is 0.495. The van der Waals surface area contributed by atoms with Crippen molar-refractivity contribution < 1.29 is 53.6 Å². The average Bonchev–Trinajstić information content (AvgIpc) is 0. The smallest absolute Gasteiger partial charge is 0 e. The summed E-state index contributed by atoms with van der Waals surface area (Å²) < 4.78 is 0. The Kier molecular flexibility index (Phi) is 191. The fourth-order valence-electron chi connectivity index (χ4n) is 0. The Morgan fingerprint density at radius 3 is 1.00 bits per heavy atom. The van der Waals surface area contributed by atoms with Crippen LogP contribution in [-0.2, 0) is 53.6 Å². The van der Waals surface area contributed by atoms with Crippen LogP contribution in [0.4, 0.5) is 0 Å². The predicted octanol–water partition coefficient (Wildman–Crippen LogP) is -0.769. The summed E-state index contributed by atoms with van der Waals surface area (Å²) in [6.07, 6.45) is 0. The molecular formula is CaCuFeMgZn. The van der Waals surface area contributed by atoms with E-state index in [1.165, 1.54) is 0 Å². The van der Waals surface area contributed by atoms with Gasteiger partial charge in [0.05, 0.1) is 0 Å². The van der Waals surface area contributed by atoms with Crippen molar-refractivity contribution in [2.24, 2.45) is 0 Å². The first-order valence-electron chi connectivity index (χ1n) is 0. The second-order valence-corrected chi connectivity index (χ2v) is 0. The minimum atomic E-state index is 0. The molecule has 0 aromatic carbocycles. The number of rotatable bonds is 0. The molecule has 0 bridgehead atoms. The first kappa shape index (κ1) is 37.8. The molecule has 0 amide bonds. The average molecular weight is 249 g/mol. The van der Waals surface area contributed by atoms with E-state index in [4.69, 9.17) is 0 Å². The molecule has 0 aromatic rings. The van der Waals surface area contributed by atoms with Gasteiger partial charge in [0.1, 0.15) is 0 Å². The van der Waals surface area contributed by atoms with Gasteiger partial charge in [0.15, 0.2) is 0 Å². The van der Waals surface area contributed by atoms with E-state index >= 15 is 0 Å². The molecule has 5 radical (unpaired) electrons. The largest absolute Gasteiger partial charge is 0 e. The molecule has 0 N–H and O–H groups in total. The fraction of sp³-hybridized carbons (Fsp3) is 0. The predicted molar refractivity (Wildman–Crippen MR) is 11.5 cm³/mol. The minimum absolute atomic E-state index is 0. The Labute approximate surface area is 112 Å². The molecule has 0 spiro atoms. The molecule has 0 nitrogen and oxygen atoms in total. The molecule has 5 heteroatoms. The van der Waals surface area contributed by atoms with Crippen LogP contribution in [0, 0.1) is 0 Å². The van der Waals surface area contributed by atoms with Gasteiger partial charge in [-0.1, -0.05) is 0 Å². The zero-order valence-electron chi connectivity index (χ0n) is 2.78. The van der Waals surface area contributed by atoms with Crippen molar-refractivity contribution in [2.45, 2.75) is 0 Å². The molecule has 0 aromatic heterocycles. The monoisotopic (exact) mass is 247 g/mol. The maximum atomic E-state index is 0. The molecule has 5 heavy (non-hydrogen) atoms. The SMILES string of the molecule is [Ca].[Cu].[Fe].[Mg].[Zn]. The molecule has 0 fully saturated rings. The van der Waals surface area contributed by atoms with Gasteiger partial charge in [-0.15, -0.1) is 0 Å². The van der Waals surface area contributed by atoms with E-state index in [1.54, 1.807) is 0 Å². The molecule has 0 rings (SSSR count). The molecule has 0 saturated carbocycles. The van der Waals surface area contributed by atoms with E-state index < -0.39 is 0 Å². The van der Waals surface area contributed by atoms with Gasteiger partial charge in [-0.05, 0) is 0 Å². The number of hydrogen-bond donors (Lipinski definition) is 0. The topological polar surface area (TPSA) is 0 Å². The summed E-state index contributed by atoms with van der Waals surface area (Å²) in [6.45, 7) is 0. The van der Waals surface area contributed by atoms with Gasteiger partial charge in [-0.3, -0.25) is 0 Å². The van der Waals surface area contributed by atoms with Crippen LogP contribution in [0.1, 0.15) is 0 Å². The maximum absolute atomic E-state index is 0. The second-order valence-electron chi connectivity index (χ2n) is 0. The molecule has 0 unspecified atom stereocenters. The van der Waals surface area contributed by atoms with Crippen LogP contribution in [0.3, 0.4) is 0 Å². The van der Waals surface area contributed by atoms with Gasteiger partial charge in [-0.25, -0.2) is 0 Å². The third-order valence-corrected chi connectivity index (χ3v) is 0. The van der Waals surface area contributed by atoms with Crippen molar-refractivity contribution in [3.63, 3.8) is 0 Å². The Bertz CT molecular complexity index is 11.6. The molecule has 0 heterocycles. The van der Waals surface area contributed by atoms with E-state index in [9.17, 15) is 0 Å². The van der Waals surface area contributed by atoms with Crippen LogP contribution in [0.25, 0.3) is 0 Å². The second kappa shape index (κ2) is 25.3. The molecule has 25 valence electrons. The first-order valence-corrected chi connectivity index (χ1v) is 0. The summed E-state index contributed by atoms with van der Waals surface area (Å²) in [4.78, 5) is 0. The summed E-state index contributed by atoms with van der Waals surface area (Å²) >= 11 is 0. The van der Waals surface area contributed by atoms with E-state index in [0.29, 0.717) is 0 Å². The Morgan fingerprint density at radius 1 is 1.00 bits per heavy atom. The molecule has 0 saturated heterocycles. The molecular weight excluding hydrogens is 249 g/mol. The van der Waals surface area contributed by atoms with E-state index in [1.807, 2.05) is 0 Å². The summed E-state index contributed by atoms with van der Waals surface area (Å²) in [5.41, 5.74) is 0. The van der Waals surface area contributed by atoms with Crippen molar-refractivity contribution in [1.82, 2.24) is 0 Å². The van der Waals surface area contributed by atoms with Crippen molar-refractivity contribution in [2.75, 3.05) is 0 Å². The minimum Gasteiger partial charge on any atom is 0 e. The molecule has 0 aliphatic carbocycles. The van der Waals surface area contributed by atoms with Gasteiger partial charge in [-0.2, -0.15) is 0 Å². The molecule has 0 aliphatic heterocycles. The summed E-state index contributed by atoms with van der Waals surface area (Å²) in [5, 5.41) is 0. The van der Waals surface area contributed by atoms with E-state index in [-0.39, 0.29) is 114 Å². The van der Waals surface area contributed by atoms with Crippen LogP contribution >= 0.6 is 0 Å². The van der Waals surface area contributed by atoms with Crippen molar-refractivity contribution in [3.8, 4) is 0 Å². The maximum Gasteiger partial charge on any atom is 0 e. The van der Waals surface area contributed by atoms with Gasteiger partial charge >= 0.3 is 0 Å². The molecule has 0 atom stereocenters. The Hall–Kier alpha value is 3.69. The third kappa shape index (κ3) is 18.3. The van der Waals surface area contributed by atoms with Crippen molar-refractivity contribution in [3.05, 3.63) is 0 Å². The molecule has 0 aliphatic rings. The van der Waals surface area contributed by atoms with Crippen molar-refractivity contribution in [1.29, 1.82) is 0 Å². The summed E-state index contributed by atoms with van der Waals surface area (Å²) in [7, 11) is 0. The van der Waals surface area contributed by atoms with Gasteiger partial charge in [0, 0.05) is 114 Å². The summed E-state index contributed by atoms with van der Waals surface area (Å²) in [5.74, 6) is 0. The number of hydrogen-bond acceptors (Lipinski definition) is 0. The van der Waals surface area contributed by atoms with Crippen LogP contribution in [0.15, 0.2) is 0 Å². The zero-order valence-corrected chi connectivity index (χ0v) is 11.4. The van der Waals surface area contributed by atoms with E-state index in [0.717, 1.165) is 0 Å². The third-order valence-electron chi connectivity index (χ3n) is 0. The summed E-state index contributed by atoms with van der Waals surface area (Å²) in [6, 6.07) is 0. The zero-order chi connectivity index (χ0) is 0. The van der Waals surface area contributed by atoms with Crippen molar-refractivity contribution >= 4 is 60.8 Å². The Balaban J connectivity index is 0. The van der Waals surface area contributed by atoms with Gasteiger partial charge < -0.3 is 0 Å². The standard InChI is InChI=1S/Ca.Cu.Fe.Mg.Zn. The fourth-order valence-corrected chi connectivity index (χ4v) is 0. The van der Waals surface area contributed by atoms with Crippen LogP contribution < -0.4 is 0 Å². The van der Waals surface area contributed by atoms with E-state index in [2.05, 4.69) is 0 Å². The normalized spacial score (nSPS) is 0. The Morgan fingerprint density at radius 2 is 1.00 bits per heavy atom. The van der Waals surface area contributed by atoms with Gasteiger partial charge in [0.2, 0.25) is 0 Å². The van der Waals surface area contributed by atoms with Gasteiger partial charge in [0.25, 0.3) is 0 Å². The van der Waals surface area contributed by atoms with Crippen LogP contribution in [-0.4, -0.2) is 60.8 Å². The van der Waals surface area contributed by atoms with Crippen LogP contribution in [0.5, 0.6) is 0 Å². The first-order chi connectivity index (χ1) is 0.